The molecule has 2 fully saturated rings. The predicted molar refractivity (Wildman–Crippen MR) is 106 cm³/mol. The van der Waals surface area contributed by atoms with Crippen LogP contribution in [0.1, 0.15) is 72.6 Å². The van der Waals surface area contributed by atoms with Gasteiger partial charge in [0.15, 0.2) is 0 Å². The van der Waals surface area contributed by atoms with Crippen LogP contribution in [0.25, 0.3) is 0 Å². The predicted octanol–water partition coefficient (Wildman–Crippen LogP) is 5.27. The first kappa shape index (κ1) is 18.8. The number of allylic oxidation sites excluding steroid dienone is 3. The molecule has 4 nitrogen and oxygen atoms in total. The normalized spacial score (nSPS) is 43.8. The first-order valence-corrected chi connectivity index (χ1v) is 10.6. The summed E-state index contributed by atoms with van der Waals surface area (Å²) in [5.41, 5.74) is 3.99. The van der Waals surface area contributed by atoms with Gasteiger partial charge < -0.3 is 9.94 Å². The third kappa shape index (κ3) is 2.78. The first-order chi connectivity index (χ1) is 12.8. The number of ether oxygens (including phenoxy) is 1. The number of rotatable bonds is 2. The molecule has 0 aromatic rings. The fourth-order valence-corrected chi connectivity index (χ4v) is 7.14. The number of carbonyl (C=O) groups excluding carboxylic acids is 1. The van der Waals surface area contributed by atoms with Crippen LogP contribution in [-0.2, 0) is 9.53 Å². The average molecular weight is 372 g/mol. The number of nitrogens with zero attached hydrogens (tertiary/aromatic N) is 1. The van der Waals surface area contributed by atoms with Crippen LogP contribution >= 0.6 is 0 Å². The Labute approximate surface area is 162 Å². The second-order valence-electron chi connectivity index (χ2n) is 9.73. The Morgan fingerprint density at radius 1 is 1.11 bits per heavy atom. The van der Waals surface area contributed by atoms with Gasteiger partial charge >= 0.3 is 5.97 Å². The summed E-state index contributed by atoms with van der Waals surface area (Å²) in [5, 5.41) is 12.8. The number of esters is 1. The molecule has 0 aromatic carbocycles. The zero-order valence-corrected chi connectivity index (χ0v) is 17.1. The van der Waals surface area contributed by atoms with E-state index in [1.807, 2.05) is 6.92 Å². The minimum absolute atomic E-state index is 0.0652. The van der Waals surface area contributed by atoms with Crippen LogP contribution in [0, 0.1) is 28.6 Å². The quantitative estimate of drug-likeness (QED) is 0.237. The zero-order valence-electron chi connectivity index (χ0n) is 17.1. The molecule has 4 aliphatic carbocycles. The molecule has 0 radical (unpaired) electrons. The van der Waals surface area contributed by atoms with Gasteiger partial charge in [0.1, 0.15) is 6.10 Å². The number of hydrogen-bond acceptors (Lipinski definition) is 4. The highest BCUT2D eigenvalue weighted by Gasteiger charge is 2.57. The van der Waals surface area contributed by atoms with E-state index in [4.69, 9.17) is 4.74 Å². The van der Waals surface area contributed by atoms with Gasteiger partial charge in [-0.3, -0.25) is 4.79 Å². The monoisotopic (exact) mass is 371 g/mol. The number of carbonyl (C=O) groups is 1. The topological polar surface area (TPSA) is 58.9 Å². The minimum Gasteiger partial charge on any atom is -0.462 e. The van der Waals surface area contributed by atoms with Gasteiger partial charge in [0, 0.05) is 13.3 Å². The molecule has 27 heavy (non-hydrogen) atoms. The van der Waals surface area contributed by atoms with Crippen molar-refractivity contribution in [2.45, 2.75) is 78.7 Å². The number of hydrogen-bond donors (Lipinski definition) is 1. The average Bonchev–Trinajstić information content (AvgIpc) is 2.98. The molecule has 4 unspecified atom stereocenters. The Hall–Kier alpha value is -1.58. The number of oxime groups is 1. The molecule has 4 heteroatoms. The van der Waals surface area contributed by atoms with Crippen molar-refractivity contribution in [2.75, 3.05) is 0 Å². The van der Waals surface area contributed by atoms with Gasteiger partial charge in [-0.2, -0.15) is 0 Å². The van der Waals surface area contributed by atoms with Gasteiger partial charge in [-0.1, -0.05) is 36.7 Å². The summed E-state index contributed by atoms with van der Waals surface area (Å²) in [5.74, 6) is 1.90. The van der Waals surface area contributed by atoms with Crippen molar-refractivity contribution in [3.63, 3.8) is 0 Å². The van der Waals surface area contributed by atoms with Crippen LogP contribution < -0.4 is 0 Å². The molecule has 4 aliphatic rings. The van der Waals surface area contributed by atoms with E-state index in [2.05, 4.69) is 31.2 Å². The fraction of sp³-hybridized carbons (Fsp3) is 0.739. The summed E-state index contributed by atoms with van der Waals surface area (Å²) in [6.07, 6.45) is 12.6. The van der Waals surface area contributed by atoms with E-state index in [0.717, 1.165) is 37.8 Å². The van der Waals surface area contributed by atoms with E-state index in [9.17, 15) is 10.0 Å². The van der Waals surface area contributed by atoms with Crippen molar-refractivity contribution in [3.8, 4) is 0 Å². The molecule has 0 aliphatic heterocycles. The van der Waals surface area contributed by atoms with E-state index in [-0.39, 0.29) is 22.9 Å². The first-order valence-electron chi connectivity index (χ1n) is 10.6. The molecule has 6 atom stereocenters. The summed E-state index contributed by atoms with van der Waals surface area (Å²) in [7, 11) is 0. The lowest BCUT2D eigenvalue weighted by Gasteiger charge is -2.57. The maximum Gasteiger partial charge on any atom is 0.302 e. The van der Waals surface area contributed by atoms with Gasteiger partial charge in [-0.25, -0.2) is 0 Å². The molecule has 0 aromatic heterocycles. The lowest BCUT2D eigenvalue weighted by Crippen LogP contribution is -2.50. The van der Waals surface area contributed by atoms with Gasteiger partial charge in [0.2, 0.25) is 0 Å². The van der Waals surface area contributed by atoms with Gasteiger partial charge in [-0.15, -0.1) is 0 Å². The van der Waals surface area contributed by atoms with Crippen LogP contribution in [0.3, 0.4) is 0 Å². The Morgan fingerprint density at radius 2 is 1.85 bits per heavy atom. The molecule has 0 saturated heterocycles. The Balaban J connectivity index is 1.59. The van der Waals surface area contributed by atoms with Crippen molar-refractivity contribution in [1.29, 1.82) is 0 Å². The summed E-state index contributed by atoms with van der Waals surface area (Å²) in [6.45, 7) is 8.30. The van der Waals surface area contributed by atoms with Crippen molar-refractivity contribution in [1.82, 2.24) is 0 Å². The smallest absolute Gasteiger partial charge is 0.302 e. The molecule has 0 heterocycles. The van der Waals surface area contributed by atoms with E-state index < -0.39 is 0 Å². The molecule has 1 N–H and O–H groups in total. The largest absolute Gasteiger partial charge is 0.462 e. The van der Waals surface area contributed by atoms with Crippen LogP contribution in [0.2, 0.25) is 0 Å². The van der Waals surface area contributed by atoms with Crippen LogP contribution in [0.4, 0.5) is 0 Å². The summed E-state index contributed by atoms with van der Waals surface area (Å²) in [6, 6.07) is 0. The highest BCUT2D eigenvalue weighted by molar-refractivity contribution is 5.99. The second-order valence-corrected chi connectivity index (χ2v) is 9.73. The zero-order chi connectivity index (χ0) is 19.4. The van der Waals surface area contributed by atoms with E-state index in [1.54, 1.807) is 0 Å². The van der Waals surface area contributed by atoms with Crippen LogP contribution in [0.5, 0.6) is 0 Å². The Morgan fingerprint density at radius 3 is 2.56 bits per heavy atom. The number of fused-ring (bicyclic) bond motifs is 5. The lowest BCUT2D eigenvalue weighted by molar-refractivity contribution is -0.148. The molecule has 4 rings (SSSR count). The van der Waals surface area contributed by atoms with Gasteiger partial charge in [0.05, 0.1) is 5.71 Å². The molecule has 148 valence electrons. The maximum absolute atomic E-state index is 11.4. The van der Waals surface area contributed by atoms with Crippen molar-refractivity contribution in [2.24, 2.45) is 33.7 Å². The Kier molecular flexibility index (Phi) is 4.51. The lowest BCUT2D eigenvalue weighted by atomic mass is 9.47. The van der Waals surface area contributed by atoms with E-state index >= 15 is 0 Å². The minimum atomic E-state index is -0.156. The fourth-order valence-electron chi connectivity index (χ4n) is 7.14. The summed E-state index contributed by atoms with van der Waals surface area (Å²) >= 11 is 0. The van der Waals surface area contributed by atoms with Crippen LogP contribution in [0.15, 0.2) is 28.5 Å². The highest BCUT2D eigenvalue weighted by atomic mass is 16.5. The second kappa shape index (κ2) is 6.49. The maximum atomic E-state index is 11.4. The van der Waals surface area contributed by atoms with Crippen molar-refractivity contribution < 1.29 is 14.7 Å². The Bertz CT molecular complexity index is 736. The molecule has 2 saturated carbocycles. The van der Waals surface area contributed by atoms with E-state index in [1.165, 1.54) is 30.9 Å². The standard InChI is InChI=1S/C23H33NO3/c1-14(24-26)19-7-8-20-18-6-5-16-13-17(27-15(2)25)9-11-22(16,3)21(18)10-12-23(19,20)4/h5,7,17-18,20-21,26H,6,8-13H2,1-4H3/t17?,18?,20?,21?,22-,23+/m0/s1. The molecule has 0 spiro atoms. The van der Waals surface area contributed by atoms with Crippen molar-refractivity contribution in [3.05, 3.63) is 23.3 Å². The molecule has 0 amide bonds. The summed E-state index contributed by atoms with van der Waals surface area (Å²) in [4.78, 5) is 11.4. The van der Waals surface area contributed by atoms with Gasteiger partial charge in [0.25, 0.3) is 0 Å². The van der Waals surface area contributed by atoms with Crippen molar-refractivity contribution >= 4 is 11.7 Å². The molecular formula is C23H33NO3. The summed E-state index contributed by atoms with van der Waals surface area (Å²) < 4.78 is 5.53. The van der Waals surface area contributed by atoms with Crippen LogP contribution in [-0.4, -0.2) is 23.0 Å². The SMILES string of the molecule is CC(=O)OC1CC[C@@]2(C)C(=CCC3C2CC[C@]2(C)C(C(C)=NO)=CCC32)C1. The highest BCUT2D eigenvalue weighted by Crippen LogP contribution is 2.65. The molecule has 0 bridgehead atoms. The van der Waals surface area contributed by atoms with E-state index in [0.29, 0.717) is 17.8 Å². The molecular weight excluding hydrogens is 338 g/mol. The third-order valence-corrected chi connectivity index (χ3v) is 8.51. The van der Waals surface area contributed by atoms with Gasteiger partial charge in [-0.05, 0) is 79.6 Å². The third-order valence-electron chi connectivity index (χ3n) is 8.51.